The van der Waals surface area contributed by atoms with Crippen molar-refractivity contribution in [1.29, 1.82) is 0 Å². The van der Waals surface area contributed by atoms with Crippen LogP contribution in [-0.2, 0) is 13.5 Å². The summed E-state index contributed by atoms with van der Waals surface area (Å²) in [7, 11) is 1.98. The van der Waals surface area contributed by atoms with E-state index in [0.717, 1.165) is 28.0 Å². The molecule has 0 aliphatic heterocycles. The van der Waals surface area contributed by atoms with Gasteiger partial charge in [-0.25, -0.2) is 9.78 Å². The topological polar surface area (TPSA) is 55.1 Å². The summed E-state index contributed by atoms with van der Waals surface area (Å²) in [5.74, 6) is 0.0306. The molecule has 0 radical (unpaired) electrons. The fraction of sp³-hybridized carbons (Fsp3) is 0.176. The summed E-state index contributed by atoms with van der Waals surface area (Å²) >= 11 is 0. The SMILES string of the molecule is Cc1cc(Cc2nc3ccccc3n2C)cc(C(=O)O)c1. The summed E-state index contributed by atoms with van der Waals surface area (Å²) in [5.41, 5.74) is 4.28. The second-order valence-corrected chi connectivity index (χ2v) is 5.26. The highest BCUT2D eigenvalue weighted by Gasteiger charge is 2.10. The number of imidazole rings is 1. The standard InChI is InChI=1S/C17H16N2O2/c1-11-7-12(9-13(8-11)17(20)21)10-16-18-14-5-3-4-6-15(14)19(16)2/h3-9H,10H2,1-2H3,(H,20,21). The van der Waals surface area contributed by atoms with Crippen LogP contribution >= 0.6 is 0 Å². The van der Waals surface area contributed by atoms with Crippen LogP contribution in [0.2, 0.25) is 0 Å². The van der Waals surface area contributed by atoms with Gasteiger partial charge in [-0.05, 0) is 42.3 Å². The molecule has 0 saturated carbocycles. The number of rotatable bonds is 3. The van der Waals surface area contributed by atoms with Crippen molar-refractivity contribution in [3.8, 4) is 0 Å². The number of para-hydroxylation sites is 2. The van der Waals surface area contributed by atoms with Crippen molar-refractivity contribution < 1.29 is 9.90 Å². The maximum absolute atomic E-state index is 11.1. The fourth-order valence-corrected chi connectivity index (χ4v) is 2.62. The maximum atomic E-state index is 11.1. The number of aromatic nitrogens is 2. The molecule has 106 valence electrons. The molecule has 21 heavy (non-hydrogen) atoms. The van der Waals surface area contributed by atoms with Gasteiger partial charge in [-0.15, -0.1) is 0 Å². The van der Waals surface area contributed by atoms with Crippen molar-refractivity contribution >= 4 is 17.0 Å². The van der Waals surface area contributed by atoms with Crippen molar-refractivity contribution in [1.82, 2.24) is 9.55 Å². The monoisotopic (exact) mass is 280 g/mol. The Hall–Kier alpha value is -2.62. The van der Waals surface area contributed by atoms with E-state index in [1.54, 1.807) is 12.1 Å². The lowest BCUT2D eigenvalue weighted by Gasteiger charge is -2.06. The molecular formula is C17H16N2O2. The number of carboxylic acids is 1. The van der Waals surface area contributed by atoms with Crippen LogP contribution in [0.4, 0.5) is 0 Å². The zero-order chi connectivity index (χ0) is 15.0. The average Bonchev–Trinajstić information content (AvgIpc) is 2.75. The minimum Gasteiger partial charge on any atom is -0.478 e. The van der Waals surface area contributed by atoms with Gasteiger partial charge in [0.05, 0.1) is 16.6 Å². The number of aryl methyl sites for hydroxylation is 2. The van der Waals surface area contributed by atoms with Crippen LogP contribution in [0.1, 0.15) is 27.3 Å². The van der Waals surface area contributed by atoms with E-state index in [1.165, 1.54) is 0 Å². The first kappa shape index (κ1) is 13.4. The van der Waals surface area contributed by atoms with Gasteiger partial charge in [-0.1, -0.05) is 18.2 Å². The third-order valence-electron chi connectivity index (χ3n) is 3.63. The number of carboxylic acid groups (broad SMARTS) is 1. The number of hydrogen-bond donors (Lipinski definition) is 1. The number of benzene rings is 2. The second-order valence-electron chi connectivity index (χ2n) is 5.26. The van der Waals surface area contributed by atoms with Crippen molar-refractivity contribution in [3.05, 3.63) is 65.0 Å². The van der Waals surface area contributed by atoms with Gasteiger partial charge in [0.2, 0.25) is 0 Å². The molecule has 1 aromatic heterocycles. The van der Waals surface area contributed by atoms with Crippen LogP contribution in [0.25, 0.3) is 11.0 Å². The van der Waals surface area contributed by atoms with E-state index >= 15 is 0 Å². The summed E-state index contributed by atoms with van der Waals surface area (Å²) in [6.45, 7) is 1.91. The molecule has 2 aromatic carbocycles. The second kappa shape index (κ2) is 5.05. The Morgan fingerprint density at radius 3 is 2.71 bits per heavy atom. The first-order valence-corrected chi connectivity index (χ1v) is 6.79. The molecule has 4 heteroatoms. The zero-order valence-electron chi connectivity index (χ0n) is 12.0. The van der Waals surface area contributed by atoms with Crippen LogP contribution in [-0.4, -0.2) is 20.6 Å². The first-order valence-electron chi connectivity index (χ1n) is 6.79. The molecule has 0 aliphatic carbocycles. The third kappa shape index (κ3) is 2.52. The molecule has 3 aromatic rings. The molecule has 0 amide bonds. The van der Waals surface area contributed by atoms with E-state index in [-0.39, 0.29) is 0 Å². The molecule has 0 saturated heterocycles. The minimum atomic E-state index is -0.898. The minimum absolute atomic E-state index is 0.323. The van der Waals surface area contributed by atoms with Gasteiger partial charge in [-0.2, -0.15) is 0 Å². The number of fused-ring (bicyclic) bond motifs is 1. The summed E-state index contributed by atoms with van der Waals surface area (Å²) in [6.07, 6.45) is 0.618. The van der Waals surface area contributed by atoms with E-state index in [2.05, 4.69) is 9.55 Å². The van der Waals surface area contributed by atoms with Gasteiger partial charge in [0.1, 0.15) is 5.82 Å². The Balaban J connectivity index is 2.02. The number of hydrogen-bond acceptors (Lipinski definition) is 2. The van der Waals surface area contributed by atoms with Gasteiger partial charge >= 0.3 is 5.97 Å². The molecule has 1 N–H and O–H groups in total. The molecule has 1 heterocycles. The van der Waals surface area contributed by atoms with Crippen LogP contribution in [0.5, 0.6) is 0 Å². The van der Waals surface area contributed by atoms with E-state index < -0.39 is 5.97 Å². The normalized spacial score (nSPS) is 11.0. The molecule has 0 fully saturated rings. The van der Waals surface area contributed by atoms with Crippen LogP contribution < -0.4 is 0 Å². The first-order chi connectivity index (χ1) is 10.0. The van der Waals surface area contributed by atoms with E-state index in [4.69, 9.17) is 5.11 Å². The summed E-state index contributed by atoms with van der Waals surface area (Å²) in [5, 5.41) is 9.15. The number of aromatic carboxylic acids is 1. The Morgan fingerprint density at radius 1 is 1.24 bits per heavy atom. The van der Waals surface area contributed by atoms with Gasteiger partial charge < -0.3 is 9.67 Å². The van der Waals surface area contributed by atoms with Gasteiger partial charge in [-0.3, -0.25) is 0 Å². The van der Waals surface area contributed by atoms with Crippen LogP contribution in [0.3, 0.4) is 0 Å². The van der Waals surface area contributed by atoms with Crippen LogP contribution in [0.15, 0.2) is 42.5 Å². The van der Waals surface area contributed by atoms with Gasteiger partial charge in [0.15, 0.2) is 0 Å². The molecule has 0 aliphatic rings. The Labute approximate surface area is 122 Å². The fourth-order valence-electron chi connectivity index (χ4n) is 2.62. The lowest BCUT2D eigenvalue weighted by Crippen LogP contribution is -2.02. The predicted octanol–water partition coefficient (Wildman–Crippen LogP) is 3.17. The van der Waals surface area contributed by atoms with Crippen molar-refractivity contribution in [3.63, 3.8) is 0 Å². The van der Waals surface area contributed by atoms with Crippen LogP contribution in [0, 0.1) is 6.92 Å². The number of nitrogens with zero attached hydrogens (tertiary/aromatic N) is 2. The highest BCUT2D eigenvalue weighted by Crippen LogP contribution is 2.18. The maximum Gasteiger partial charge on any atom is 0.335 e. The van der Waals surface area contributed by atoms with Crippen molar-refractivity contribution in [2.75, 3.05) is 0 Å². The number of carbonyl (C=O) groups is 1. The predicted molar refractivity (Wildman–Crippen MR) is 81.7 cm³/mol. The molecule has 0 unspecified atom stereocenters. The van der Waals surface area contributed by atoms with E-state index in [9.17, 15) is 4.79 Å². The average molecular weight is 280 g/mol. The van der Waals surface area contributed by atoms with Crippen molar-refractivity contribution in [2.24, 2.45) is 7.05 Å². The Bertz CT molecular complexity index is 834. The Kier molecular flexibility index (Phi) is 3.22. The van der Waals surface area contributed by atoms with Gasteiger partial charge in [0.25, 0.3) is 0 Å². The molecule has 0 bridgehead atoms. The summed E-state index contributed by atoms with van der Waals surface area (Å²) in [6, 6.07) is 13.4. The highest BCUT2D eigenvalue weighted by molar-refractivity contribution is 5.88. The van der Waals surface area contributed by atoms with Crippen molar-refractivity contribution in [2.45, 2.75) is 13.3 Å². The largest absolute Gasteiger partial charge is 0.478 e. The molecule has 0 spiro atoms. The molecule has 0 atom stereocenters. The highest BCUT2D eigenvalue weighted by atomic mass is 16.4. The Morgan fingerprint density at radius 2 is 2.00 bits per heavy atom. The van der Waals surface area contributed by atoms with E-state index in [0.29, 0.717) is 12.0 Å². The third-order valence-corrected chi connectivity index (χ3v) is 3.63. The summed E-state index contributed by atoms with van der Waals surface area (Å²) in [4.78, 5) is 15.8. The lowest BCUT2D eigenvalue weighted by atomic mass is 10.0. The smallest absolute Gasteiger partial charge is 0.335 e. The zero-order valence-corrected chi connectivity index (χ0v) is 12.0. The molecular weight excluding hydrogens is 264 g/mol. The quantitative estimate of drug-likeness (QED) is 0.801. The van der Waals surface area contributed by atoms with E-state index in [1.807, 2.05) is 44.3 Å². The summed E-state index contributed by atoms with van der Waals surface area (Å²) < 4.78 is 2.05. The molecule has 3 rings (SSSR count). The lowest BCUT2D eigenvalue weighted by molar-refractivity contribution is 0.0696. The van der Waals surface area contributed by atoms with Gasteiger partial charge in [0, 0.05) is 13.5 Å². The molecule has 4 nitrogen and oxygen atoms in total.